The van der Waals surface area contributed by atoms with Crippen molar-refractivity contribution < 1.29 is 9.22 Å². The maximum Gasteiger partial charge on any atom is 0.257 e. The second-order valence-electron chi connectivity index (χ2n) is 12.2. The molecule has 1 aliphatic heterocycles. The monoisotopic (exact) mass is 516 g/mol. The van der Waals surface area contributed by atoms with Crippen LogP contribution in [-0.4, -0.2) is 47.9 Å². The van der Waals surface area contributed by atoms with Gasteiger partial charge in [-0.2, -0.15) is 0 Å². The van der Waals surface area contributed by atoms with E-state index in [1.807, 2.05) is 36.4 Å². The Morgan fingerprint density at radius 3 is 2.65 bits per heavy atom. The molecule has 0 radical (unpaired) electrons. The van der Waals surface area contributed by atoms with Crippen molar-refractivity contribution in [2.24, 2.45) is 0 Å². The number of aryl methyl sites for hydroxylation is 1. The molecule has 1 aliphatic carbocycles. The summed E-state index contributed by atoms with van der Waals surface area (Å²) in [4.78, 5) is 25.3. The number of carbonyl (C=O) groups excluding carboxylic acids is 1. The van der Waals surface area contributed by atoms with E-state index in [-0.39, 0.29) is 23.1 Å². The summed E-state index contributed by atoms with van der Waals surface area (Å²) >= 11 is 0. The number of benzene rings is 1. The van der Waals surface area contributed by atoms with Crippen LogP contribution >= 0.6 is 0 Å². The molecule has 2 atom stereocenters. The van der Waals surface area contributed by atoms with Gasteiger partial charge in [0.05, 0.1) is 35.6 Å². The molecule has 0 unspecified atom stereocenters. The summed E-state index contributed by atoms with van der Waals surface area (Å²) in [5.74, 6) is 0.0836. The number of amides is 1. The fourth-order valence-corrected chi connectivity index (χ4v) is 6.80. The van der Waals surface area contributed by atoms with Crippen LogP contribution in [0, 0.1) is 6.92 Å². The highest BCUT2D eigenvalue weighted by atomic mass is 28.4. The molecule has 0 bridgehead atoms. The molecule has 3 aromatic rings. The van der Waals surface area contributed by atoms with Gasteiger partial charge in [-0.05, 0) is 73.6 Å². The predicted octanol–water partition coefficient (Wildman–Crippen LogP) is 6.69. The van der Waals surface area contributed by atoms with E-state index in [2.05, 4.69) is 62.4 Å². The van der Waals surface area contributed by atoms with Gasteiger partial charge in [0.25, 0.3) is 5.91 Å². The number of nitrogens with zero attached hydrogens (tertiary/aromatic N) is 3. The van der Waals surface area contributed by atoms with Gasteiger partial charge < -0.3 is 14.6 Å². The number of fused-ring (bicyclic) bond motifs is 3. The molecular formula is C30H40N4O2Si. The molecule has 1 N–H and O–H groups in total. The van der Waals surface area contributed by atoms with Gasteiger partial charge in [0.2, 0.25) is 0 Å². The van der Waals surface area contributed by atoms with Gasteiger partial charge in [0.15, 0.2) is 8.32 Å². The minimum absolute atomic E-state index is 0.0821. The summed E-state index contributed by atoms with van der Waals surface area (Å²) < 4.78 is 6.93. The maximum atomic E-state index is 14.1. The quantitative estimate of drug-likeness (QED) is 0.383. The highest BCUT2D eigenvalue weighted by molar-refractivity contribution is 6.74. The summed E-state index contributed by atoms with van der Waals surface area (Å²) in [5.41, 5.74) is 5.64. The van der Waals surface area contributed by atoms with E-state index in [0.717, 1.165) is 59.1 Å². The molecule has 37 heavy (non-hydrogen) atoms. The predicted molar refractivity (Wildman–Crippen MR) is 153 cm³/mol. The molecule has 3 heterocycles. The molecule has 1 amide bonds. The van der Waals surface area contributed by atoms with Gasteiger partial charge in [0, 0.05) is 23.5 Å². The SMILES string of the molecule is Cc1ccc(Cc2cc3c(c4ncccc24)NCN([C@H]2CCCC[C@@H]2O[Si](C)(C)C(C)(C)C)C3=O)cn1. The van der Waals surface area contributed by atoms with Crippen LogP contribution in [0.1, 0.15) is 73.6 Å². The van der Waals surface area contributed by atoms with E-state index in [9.17, 15) is 4.79 Å². The van der Waals surface area contributed by atoms with Crippen molar-refractivity contribution in [3.8, 4) is 0 Å². The van der Waals surface area contributed by atoms with Gasteiger partial charge in [-0.15, -0.1) is 0 Å². The Morgan fingerprint density at radius 1 is 1.14 bits per heavy atom. The number of nitrogens with one attached hydrogen (secondary N) is 1. The van der Waals surface area contributed by atoms with Crippen molar-refractivity contribution >= 4 is 30.8 Å². The van der Waals surface area contributed by atoms with Crippen molar-refractivity contribution in [1.29, 1.82) is 0 Å². The Kier molecular flexibility index (Phi) is 6.88. The minimum atomic E-state index is -1.96. The lowest BCUT2D eigenvalue weighted by Gasteiger charge is -2.47. The second kappa shape index (κ2) is 9.84. The lowest BCUT2D eigenvalue weighted by atomic mass is 9.90. The van der Waals surface area contributed by atoms with E-state index >= 15 is 0 Å². The zero-order valence-corrected chi connectivity index (χ0v) is 24.1. The Hall–Kier alpha value is -2.77. The van der Waals surface area contributed by atoms with E-state index in [1.54, 1.807) is 0 Å². The molecule has 2 aliphatic rings. The highest BCUT2D eigenvalue weighted by Crippen LogP contribution is 2.41. The van der Waals surface area contributed by atoms with Crippen LogP contribution in [0.25, 0.3) is 10.9 Å². The van der Waals surface area contributed by atoms with Crippen molar-refractivity contribution in [3.05, 3.63) is 65.1 Å². The standard InChI is InChI=1S/C30H40N4O2Si/c1-20-13-14-21(18-32-20)16-22-17-24-28(27-23(22)10-9-15-31-27)33-19-34(29(24)35)25-11-7-8-12-26(25)36-37(5,6)30(2,3)4/h9-10,13-15,17-18,25-26,33H,7-8,11-12,16,19H2,1-6H3/t25-,26-/m0/s1. The number of hydrogen-bond donors (Lipinski definition) is 1. The van der Waals surface area contributed by atoms with Crippen LogP contribution in [0.5, 0.6) is 0 Å². The van der Waals surface area contributed by atoms with Gasteiger partial charge >= 0.3 is 0 Å². The van der Waals surface area contributed by atoms with E-state index < -0.39 is 8.32 Å². The van der Waals surface area contributed by atoms with Gasteiger partial charge in [-0.3, -0.25) is 14.8 Å². The third-order valence-electron chi connectivity index (χ3n) is 8.58. The summed E-state index contributed by atoms with van der Waals surface area (Å²) in [7, 11) is -1.96. The smallest absolute Gasteiger partial charge is 0.257 e. The largest absolute Gasteiger partial charge is 0.412 e. The summed E-state index contributed by atoms with van der Waals surface area (Å²) in [6.07, 6.45) is 8.80. The first-order valence-corrected chi connectivity index (χ1v) is 16.5. The normalized spacial score (nSPS) is 20.6. The molecule has 2 aromatic heterocycles. The Labute approximate surface area is 222 Å². The molecule has 7 heteroatoms. The van der Waals surface area contributed by atoms with Crippen LogP contribution in [0.2, 0.25) is 18.1 Å². The van der Waals surface area contributed by atoms with E-state index in [0.29, 0.717) is 18.7 Å². The number of carbonyl (C=O) groups is 1. The van der Waals surface area contributed by atoms with Crippen molar-refractivity contribution in [1.82, 2.24) is 14.9 Å². The number of hydrogen-bond acceptors (Lipinski definition) is 5. The fourth-order valence-electron chi connectivity index (χ4n) is 5.42. The number of rotatable bonds is 5. The van der Waals surface area contributed by atoms with Crippen LogP contribution in [-0.2, 0) is 10.8 Å². The topological polar surface area (TPSA) is 67.3 Å². The Balaban J connectivity index is 1.49. The van der Waals surface area contributed by atoms with Crippen LogP contribution in [0.3, 0.4) is 0 Å². The summed E-state index contributed by atoms with van der Waals surface area (Å²) in [6.45, 7) is 14.0. The Morgan fingerprint density at radius 2 is 1.92 bits per heavy atom. The number of aromatic nitrogens is 2. The first kappa shape index (κ1) is 25.9. The second-order valence-corrected chi connectivity index (χ2v) is 17.0. The Bertz CT molecular complexity index is 1300. The fraction of sp³-hybridized carbons (Fsp3) is 0.500. The maximum absolute atomic E-state index is 14.1. The molecule has 1 aromatic carbocycles. The van der Waals surface area contributed by atoms with Gasteiger partial charge in [-0.25, -0.2) is 0 Å². The minimum Gasteiger partial charge on any atom is -0.412 e. The van der Waals surface area contributed by atoms with E-state index in [4.69, 9.17) is 9.41 Å². The number of pyridine rings is 2. The lowest BCUT2D eigenvalue weighted by molar-refractivity contribution is 0.0243. The molecule has 0 saturated heterocycles. The summed E-state index contributed by atoms with van der Waals surface area (Å²) in [5, 5.41) is 4.79. The molecule has 196 valence electrons. The van der Waals surface area contributed by atoms with Crippen LogP contribution in [0.15, 0.2) is 42.7 Å². The zero-order chi connectivity index (χ0) is 26.4. The van der Waals surface area contributed by atoms with Crippen LogP contribution < -0.4 is 5.32 Å². The van der Waals surface area contributed by atoms with E-state index in [1.165, 1.54) is 0 Å². The third-order valence-corrected chi connectivity index (χ3v) is 13.1. The summed E-state index contributed by atoms with van der Waals surface area (Å²) in [6, 6.07) is 10.4. The van der Waals surface area contributed by atoms with Gasteiger partial charge in [0.1, 0.15) is 0 Å². The van der Waals surface area contributed by atoms with Crippen molar-refractivity contribution in [2.45, 2.75) is 90.1 Å². The molecule has 1 fully saturated rings. The molecule has 6 nitrogen and oxygen atoms in total. The third kappa shape index (κ3) is 5.03. The highest BCUT2D eigenvalue weighted by Gasteiger charge is 2.44. The zero-order valence-electron chi connectivity index (χ0n) is 23.1. The average Bonchev–Trinajstić information content (AvgIpc) is 2.86. The first-order chi connectivity index (χ1) is 17.5. The molecule has 5 rings (SSSR count). The lowest BCUT2D eigenvalue weighted by Crippen LogP contribution is -2.56. The first-order valence-electron chi connectivity index (χ1n) is 13.6. The molecular weight excluding hydrogens is 476 g/mol. The van der Waals surface area contributed by atoms with Crippen molar-refractivity contribution in [2.75, 3.05) is 12.0 Å². The number of anilines is 1. The van der Waals surface area contributed by atoms with Crippen LogP contribution in [0.4, 0.5) is 5.69 Å². The molecule has 0 spiro atoms. The average molecular weight is 517 g/mol. The molecule has 1 saturated carbocycles. The van der Waals surface area contributed by atoms with Gasteiger partial charge in [-0.1, -0.05) is 45.7 Å². The van der Waals surface area contributed by atoms with Crippen molar-refractivity contribution in [3.63, 3.8) is 0 Å².